The van der Waals surface area contributed by atoms with Crippen molar-refractivity contribution in [3.05, 3.63) is 70.8 Å². The van der Waals surface area contributed by atoms with Crippen molar-refractivity contribution in [1.29, 1.82) is 0 Å². The highest BCUT2D eigenvalue weighted by atomic mass is 19.3. The summed E-state index contributed by atoms with van der Waals surface area (Å²) >= 11 is 0. The fourth-order valence-electron chi connectivity index (χ4n) is 4.55. The zero-order valence-corrected chi connectivity index (χ0v) is 21.0. The van der Waals surface area contributed by atoms with Crippen molar-refractivity contribution in [2.75, 3.05) is 25.9 Å². The lowest BCUT2D eigenvalue weighted by Crippen LogP contribution is -2.33. The largest absolute Gasteiger partial charge is 0.480 e. The van der Waals surface area contributed by atoms with Crippen LogP contribution < -0.4 is 15.8 Å². The van der Waals surface area contributed by atoms with Crippen LogP contribution in [0, 0.1) is 12.7 Å². The number of carbonyl (C=O) groups is 2. The summed E-state index contributed by atoms with van der Waals surface area (Å²) in [7, 11) is 1.37. The Morgan fingerprint density at radius 1 is 1.21 bits per heavy atom. The van der Waals surface area contributed by atoms with Crippen LogP contribution in [0.3, 0.4) is 0 Å². The number of amides is 2. The molecule has 0 radical (unpaired) electrons. The van der Waals surface area contributed by atoms with Gasteiger partial charge in [0.1, 0.15) is 11.4 Å². The average Bonchev–Trinajstić information content (AvgIpc) is 3.46. The van der Waals surface area contributed by atoms with E-state index in [1.165, 1.54) is 23.8 Å². The molecule has 202 valence electrons. The minimum absolute atomic E-state index is 0.0661. The summed E-state index contributed by atoms with van der Waals surface area (Å²) in [6.45, 7) is 0.552. The number of pyridine rings is 2. The summed E-state index contributed by atoms with van der Waals surface area (Å²) in [4.78, 5) is 35.7. The van der Waals surface area contributed by atoms with Crippen molar-refractivity contribution in [3.63, 3.8) is 0 Å². The molecular weight excluding hydrogens is 515 g/mol. The first-order valence-corrected chi connectivity index (χ1v) is 12.0. The van der Waals surface area contributed by atoms with Gasteiger partial charge in [0.25, 0.3) is 17.7 Å². The number of nitrogens with zero attached hydrogens (tertiary/aromatic N) is 5. The lowest BCUT2D eigenvalue weighted by Gasteiger charge is -2.19. The normalized spacial score (nSPS) is 14.5. The Hall–Kier alpha value is -4.68. The van der Waals surface area contributed by atoms with E-state index in [2.05, 4.69) is 20.4 Å². The number of nitrogens with one attached hydrogen (secondary N) is 1. The van der Waals surface area contributed by atoms with E-state index in [4.69, 9.17) is 10.5 Å². The van der Waals surface area contributed by atoms with Gasteiger partial charge < -0.3 is 20.7 Å². The molecular formula is C26H24F3N7O3. The standard InChI is InChI=1S/C26H24F3N7O3/c1-14-17(15-6-8-36-20(10-15)33-25(30)34-36)11-18(23(32-14)39-2)22(37)31-12-16-4-3-5-19(27)21(16)24(38)35-9-7-26(28,29)13-35/h3-6,8,10-11H,7,9,12-13H2,1-2H3,(H2,30,34)(H,31,37). The number of carbonyl (C=O) groups excluding carboxylic acids is 2. The van der Waals surface area contributed by atoms with Crippen LogP contribution in [0.1, 0.15) is 38.4 Å². The third-order valence-electron chi connectivity index (χ3n) is 6.49. The number of hydrogen-bond donors (Lipinski definition) is 2. The van der Waals surface area contributed by atoms with Gasteiger partial charge in [-0.3, -0.25) is 9.59 Å². The van der Waals surface area contributed by atoms with Crippen LogP contribution in [-0.4, -0.2) is 62.4 Å². The number of hydrogen-bond acceptors (Lipinski definition) is 7. The number of fused-ring (bicyclic) bond motifs is 1. The molecule has 0 bridgehead atoms. The lowest BCUT2D eigenvalue weighted by atomic mass is 10.0. The zero-order chi connectivity index (χ0) is 27.9. The van der Waals surface area contributed by atoms with Gasteiger partial charge in [-0.15, -0.1) is 5.10 Å². The van der Waals surface area contributed by atoms with E-state index in [0.717, 1.165) is 11.0 Å². The average molecular weight is 540 g/mol. The number of benzene rings is 1. The molecule has 0 spiro atoms. The first-order chi connectivity index (χ1) is 18.6. The number of aromatic nitrogens is 4. The fraction of sp³-hybridized carbons (Fsp3) is 0.269. The third-order valence-corrected chi connectivity index (χ3v) is 6.49. The van der Waals surface area contributed by atoms with Crippen molar-refractivity contribution in [1.82, 2.24) is 29.8 Å². The van der Waals surface area contributed by atoms with Crippen molar-refractivity contribution in [2.45, 2.75) is 25.8 Å². The molecule has 3 N–H and O–H groups in total. The van der Waals surface area contributed by atoms with Crippen LogP contribution >= 0.6 is 0 Å². The van der Waals surface area contributed by atoms with E-state index < -0.39 is 36.5 Å². The molecule has 5 rings (SSSR count). The Balaban J connectivity index is 1.42. The number of halogens is 3. The van der Waals surface area contributed by atoms with Crippen molar-refractivity contribution < 1.29 is 27.5 Å². The second-order valence-corrected chi connectivity index (χ2v) is 9.16. The van der Waals surface area contributed by atoms with Crippen LogP contribution in [0.25, 0.3) is 16.8 Å². The first kappa shape index (κ1) is 25.9. The number of alkyl halides is 2. The highest BCUT2D eigenvalue weighted by molar-refractivity contribution is 5.99. The second kappa shape index (κ2) is 9.89. The van der Waals surface area contributed by atoms with Crippen LogP contribution in [0.5, 0.6) is 5.88 Å². The minimum Gasteiger partial charge on any atom is -0.480 e. The minimum atomic E-state index is -3.02. The quantitative estimate of drug-likeness (QED) is 0.385. The fourth-order valence-corrected chi connectivity index (χ4v) is 4.55. The number of anilines is 1. The van der Waals surface area contributed by atoms with Crippen molar-refractivity contribution in [3.8, 4) is 17.0 Å². The molecule has 39 heavy (non-hydrogen) atoms. The molecule has 0 atom stereocenters. The topological polar surface area (TPSA) is 128 Å². The molecule has 1 aromatic carbocycles. The summed E-state index contributed by atoms with van der Waals surface area (Å²) in [5.41, 5.74) is 7.99. The van der Waals surface area contributed by atoms with E-state index in [-0.39, 0.29) is 41.6 Å². The van der Waals surface area contributed by atoms with E-state index >= 15 is 0 Å². The molecule has 10 nitrogen and oxygen atoms in total. The van der Waals surface area contributed by atoms with Gasteiger partial charge in [0, 0.05) is 37.0 Å². The molecule has 1 saturated heterocycles. The molecule has 0 unspecified atom stereocenters. The van der Waals surface area contributed by atoms with Gasteiger partial charge in [0.15, 0.2) is 5.65 Å². The zero-order valence-electron chi connectivity index (χ0n) is 21.0. The van der Waals surface area contributed by atoms with Gasteiger partial charge in [-0.1, -0.05) is 12.1 Å². The molecule has 0 aliphatic carbocycles. The molecule has 1 aliphatic rings. The van der Waals surface area contributed by atoms with Crippen LogP contribution in [0.15, 0.2) is 42.6 Å². The predicted octanol–water partition coefficient (Wildman–Crippen LogP) is 3.24. The number of likely N-dealkylation sites (tertiary alicyclic amines) is 1. The van der Waals surface area contributed by atoms with E-state index in [1.54, 1.807) is 31.3 Å². The Morgan fingerprint density at radius 2 is 2.00 bits per heavy atom. The number of nitrogens with two attached hydrogens (primary N) is 1. The van der Waals surface area contributed by atoms with Crippen molar-refractivity contribution >= 4 is 23.4 Å². The van der Waals surface area contributed by atoms with Gasteiger partial charge in [-0.2, -0.15) is 4.98 Å². The highest BCUT2D eigenvalue weighted by Crippen LogP contribution is 2.30. The maximum absolute atomic E-state index is 14.7. The SMILES string of the molecule is COc1nc(C)c(-c2ccn3nc(N)nc3c2)cc1C(=O)NCc1cccc(F)c1C(=O)N1CCC(F)(F)C1. The van der Waals surface area contributed by atoms with Gasteiger partial charge in [0.05, 0.1) is 19.2 Å². The number of rotatable bonds is 6. The molecule has 0 saturated carbocycles. The summed E-state index contributed by atoms with van der Waals surface area (Å²) in [5, 5.41) is 6.71. The Bertz CT molecular complexity index is 1610. The molecule has 1 aliphatic heterocycles. The molecule has 4 aromatic rings. The van der Waals surface area contributed by atoms with Gasteiger partial charge in [-0.05, 0) is 42.3 Å². The number of ether oxygens (including phenoxy) is 1. The Morgan fingerprint density at radius 3 is 2.72 bits per heavy atom. The Labute approximate surface area is 220 Å². The Kier molecular flexibility index (Phi) is 6.58. The van der Waals surface area contributed by atoms with Crippen molar-refractivity contribution in [2.24, 2.45) is 0 Å². The van der Waals surface area contributed by atoms with E-state index in [1.807, 2.05) is 0 Å². The first-order valence-electron chi connectivity index (χ1n) is 12.0. The van der Waals surface area contributed by atoms with Crippen LogP contribution in [0.4, 0.5) is 19.1 Å². The molecule has 1 fully saturated rings. The molecule has 3 aromatic heterocycles. The second-order valence-electron chi connectivity index (χ2n) is 9.16. The van der Waals surface area contributed by atoms with Gasteiger partial charge in [0.2, 0.25) is 11.8 Å². The summed E-state index contributed by atoms with van der Waals surface area (Å²) in [5.74, 6) is -5.14. The van der Waals surface area contributed by atoms with Gasteiger partial charge in [-0.25, -0.2) is 22.7 Å². The van der Waals surface area contributed by atoms with Crippen LogP contribution in [0.2, 0.25) is 0 Å². The highest BCUT2D eigenvalue weighted by Gasteiger charge is 2.41. The maximum Gasteiger partial charge on any atom is 0.267 e. The van der Waals surface area contributed by atoms with Crippen LogP contribution in [-0.2, 0) is 6.54 Å². The molecule has 2 amide bonds. The monoisotopic (exact) mass is 539 g/mol. The summed E-state index contributed by atoms with van der Waals surface area (Å²) < 4.78 is 48.9. The van der Waals surface area contributed by atoms with E-state index in [0.29, 0.717) is 22.5 Å². The molecule has 4 heterocycles. The number of nitrogen functional groups attached to an aromatic ring is 1. The third kappa shape index (κ3) is 5.07. The molecule has 13 heteroatoms. The predicted molar refractivity (Wildman–Crippen MR) is 135 cm³/mol. The maximum atomic E-state index is 14.7. The van der Waals surface area contributed by atoms with Gasteiger partial charge >= 0.3 is 0 Å². The smallest absolute Gasteiger partial charge is 0.267 e. The van der Waals surface area contributed by atoms with E-state index in [9.17, 15) is 22.8 Å². The number of methoxy groups -OCH3 is 1. The lowest BCUT2D eigenvalue weighted by molar-refractivity contribution is 0.0119. The number of aryl methyl sites for hydroxylation is 1. The summed E-state index contributed by atoms with van der Waals surface area (Å²) in [6.07, 6.45) is 1.19. The summed E-state index contributed by atoms with van der Waals surface area (Å²) in [6, 6.07) is 9.03.